The fourth-order valence-electron chi connectivity index (χ4n) is 7.20. The number of amides is 1. The maximum absolute atomic E-state index is 15.8. The number of fused-ring (bicyclic) bond motifs is 1. The molecule has 1 aromatic heterocycles. The van der Waals surface area contributed by atoms with Crippen molar-refractivity contribution in [3.8, 4) is 0 Å². The van der Waals surface area contributed by atoms with Crippen molar-refractivity contribution < 1.29 is 37.4 Å². The number of aliphatic imine (C=N–C) groups is 1. The van der Waals surface area contributed by atoms with Crippen LogP contribution < -0.4 is 5.32 Å². The smallest absolute Gasteiger partial charge is 0.338 e. The first-order valence-electron chi connectivity index (χ1n) is 15.4. The number of amidine groups is 1. The molecule has 0 saturated carbocycles. The number of aromatic nitrogens is 1. The van der Waals surface area contributed by atoms with Crippen molar-refractivity contribution in [2.24, 2.45) is 22.2 Å². The number of likely N-dealkylation sites (tertiary alicyclic amines) is 3. The SMILES string of the molecule is CCOC(=O)C1=C(CN2CC(F)(F)C3C2CCN3CC(=O)N2CC(C(=O)O)C2)NC(c2nccs2)=NC1C1C=CC=C(F)C1(C)C. The molecule has 15 heteroatoms. The van der Waals surface area contributed by atoms with Crippen molar-refractivity contribution in [2.75, 3.05) is 45.9 Å². The molecule has 3 saturated heterocycles. The highest BCUT2D eigenvalue weighted by molar-refractivity contribution is 7.11. The standard InChI is InChI=1S/C31H37F3N6O5S/c1-4-45-29(44)23-19(36-26(27-35-9-11-46-27)37-24(23)18-6-5-7-21(32)30(18,2)3)14-40-16-31(33,34)25-20(40)8-10-38(25)15-22(41)39-12-17(13-39)28(42)43/h5-7,9,11,17-18,20,24-25H,4,8,10,12-16H2,1-3H3,(H,36,37)(H,42,43). The van der Waals surface area contributed by atoms with Gasteiger partial charge in [-0.25, -0.2) is 22.9 Å². The molecule has 0 radical (unpaired) electrons. The van der Waals surface area contributed by atoms with Crippen LogP contribution in [0.4, 0.5) is 13.2 Å². The first-order chi connectivity index (χ1) is 21.8. The molecule has 1 aliphatic carbocycles. The molecule has 11 nitrogen and oxygen atoms in total. The number of rotatable bonds is 9. The van der Waals surface area contributed by atoms with Crippen LogP contribution in [0.3, 0.4) is 0 Å². The Bertz CT molecular complexity index is 1520. The van der Waals surface area contributed by atoms with Crippen molar-refractivity contribution in [3.63, 3.8) is 0 Å². The van der Waals surface area contributed by atoms with Crippen LogP contribution in [-0.4, -0.2) is 118 Å². The summed E-state index contributed by atoms with van der Waals surface area (Å²) in [6.45, 7) is 4.74. The normalized spacial score (nSPS) is 29.1. The van der Waals surface area contributed by atoms with E-state index in [9.17, 15) is 14.4 Å². The molecule has 0 aromatic carbocycles. The molecule has 4 atom stereocenters. The summed E-state index contributed by atoms with van der Waals surface area (Å²) < 4.78 is 52.2. The summed E-state index contributed by atoms with van der Waals surface area (Å²) in [5.41, 5.74) is -0.529. The molecule has 46 heavy (non-hydrogen) atoms. The van der Waals surface area contributed by atoms with Crippen LogP contribution in [0.5, 0.6) is 0 Å². The number of carbonyl (C=O) groups is 3. The van der Waals surface area contributed by atoms with Crippen LogP contribution in [0.1, 0.15) is 32.2 Å². The second kappa shape index (κ2) is 12.2. The van der Waals surface area contributed by atoms with Gasteiger partial charge in [0.05, 0.1) is 43.3 Å². The number of halogens is 3. The third kappa shape index (κ3) is 5.77. The number of allylic oxidation sites excluding steroid dienone is 3. The third-order valence-electron chi connectivity index (χ3n) is 9.71. The minimum absolute atomic E-state index is 0.0603. The number of nitrogens with one attached hydrogen (secondary N) is 1. The van der Waals surface area contributed by atoms with Gasteiger partial charge in [-0.2, -0.15) is 0 Å². The summed E-state index contributed by atoms with van der Waals surface area (Å²) in [5, 5.41) is 14.6. The number of thiazole rings is 1. The van der Waals surface area contributed by atoms with Crippen molar-refractivity contribution in [3.05, 3.63) is 51.9 Å². The summed E-state index contributed by atoms with van der Waals surface area (Å²) in [5.74, 6) is -6.40. The minimum atomic E-state index is -3.16. The topological polar surface area (TPSA) is 128 Å². The molecule has 4 unspecified atom stereocenters. The molecule has 4 aliphatic heterocycles. The van der Waals surface area contributed by atoms with Gasteiger partial charge in [0.25, 0.3) is 5.92 Å². The monoisotopic (exact) mass is 662 g/mol. The van der Waals surface area contributed by atoms with E-state index in [1.807, 2.05) is 6.08 Å². The Kier molecular flexibility index (Phi) is 8.61. The van der Waals surface area contributed by atoms with E-state index in [-0.39, 0.29) is 56.6 Å². The fourth-order valence-corrected chi connectivity index (χ4v) is 7.79. The Morgan fingerprint density at radius 2 is 1.98 bits per heavy atom. The number of carboxylic acid groups (broad SMARTS) is 1. The molecule has 0 spiro atoms. The van der Waals surface area contributed by atoms with Gasteiger partial charge >= 0.3 is 11.9 Å². The second-order valence-electron chi connectivity index (χ2n) is 12.9. The molecule has 5 aliphatic rings. The van der Waals surface area contributed by atoms with Gasteiger partial charge in [-0.1, -0.05) is 26.0 Å². The molecule has 1 aromatic rings. The van der Waals surface area contributed by atoms with Crippen LogP contribution in [0.25, 0.3) is 0 Å². The lowest BCUT2D eigenvalue weighted by molar-refractivity contribution is -0.153. The van der Waals surface area contributed by atoms with Crippen molar-refractivity contribution in [2.45, 2.75) is 51.2 Å². The Hall–Kier alpha value is -3.56. The quantitative estimate of drug-likeness (QED) is 0.384. The number of esters is 1. The number of hydrogen-bond acceptors (Lipinski definition) is 10. The minimum Gasteiger partial charge on any atom is -0.481 e. The van der Waals surface area contributed by atoms with Crippen LogP contribution >= 0.6 is 11.3 Å². The van der Waals surface area contributed by atoms with Gasteiger partial charge < -0.3 is 20.1 Å². The molecule has 6 rings (SSSR count). The molecule has 5 heterocycles. The summed E-state index contributed by atoms with van der Waals surface area (Å²) >= 11 is 1.32. The first kappa shape index (κ1) is 32.4. The summed E-state index contributed by atoms with van der Waals surface area (Å²) in [4.78, 5) is 51.4. The van der Waals surface area contributed by atoms with Crippen molar-refractivity contribution >= 4 is 35.0 Å². The molecule has 0 bridgehead atoms. The zero-order chi connectivity index (χ0) is 33.0. The number of alkyl halides is 2. The summed E-state index contributed by atoms with van der Waals surface area (Å²) in [6.07, 6.45) is 6.77. The summed E-state index contributed by atoms with van der Waals surface area (Å²) in [7, 11) is 0. The largest absolute Gasteiger partial charge is 0.481 e. The molecule has 248 valence electrons. The fraction of sp³-hybridized carbons (Fsp3) is 0.581. The molecule has 3 fully saturated rings. The highest BCUT2D eigenvalue weighted by Crippen LogP contribution is 2.46. The van der Waals surface area contributed by atoms with E-state index in [0.29, 0.717) is 23.0 Å². The third-order valence-corrected chi connectivity index (χ3v) is 10.5. The van der Waals surface area contributed by atoms with Crippen LogP contribution in [0.15, 0.2) is 51.9 Å². The average molecular weight is 663 g/mol. The zero-order valence-corrected chi connectivity index (χ0v) is 26.6. The van der Waals surface area contributed by atoms with Gasteiger partial charge in [0.2, 0.25) is 5.91 Å². The number of ether oxygens (including phenoxy) is 1. The van der Waals surface area contributed by atoms with Crippen molar-refractivity contribution in [1.29, 1.82) is 0 Å². The van der Waals surface area contributed by atoms with Crippen LogP contribution in [0.2, 0.25) is 0 Å². The van der Waals surface area contributed by atoms with E-state index in [1.54, 1.807) is 43.3 Å². The molecule has 1 amide bonds. The first-order valence-corrected chi connectivity index (χ1v) is 16.3. The number of carboxylic acids is 1. The lowest BCUT2D eigenvalue weighted by Crippen LogP contribution is -2.57. The molecule has 2 N–H and O–H groups in total. The predicted octanol–water partition coefficient (Wildman–Crippen LogP) is 2.68. The van der Waals surface area contributed by atoms with Gasteiger partial charge in [0, 0.05) is 60.8 Å². The van der Waals surface area contributed by atoms with Gasteiger partial charge in [-0.15, -0.1) is 11.3 Å². The van der Waals surface area contributed by atoms with Crippen LogP contribution in [0, 0.1) is 17.3 Å². The van der Waals surface area contributed by atoms with E-state index >= 15 is 13.2 Å². The lowest BCUT2D eigenvalue weighted by Gasteiger charge is -2.40. The average Bonchev–Trinajstić information content (AvgIpc) is 3.68. The number of carbonyl (C=O) groups excluding carboxylic acids is 2. The zero-order valence-electron chi connectivity index (χ0n) is 25.8. The van der Waals surface area contributed by atoms with E-state index in [4.69, 9.17) is 14.8 Å². The number of hydrogen-bond donors (Lipinski definition) is 2. The van der Waals surface area contributed by atoms with E-state index in [0.717, 1.165) is 0 Å². The highest BCUT2D eigenvalue weighted by atomic mass is 32.1. The van der Waals surface area contributed by atoms with Gasteiger partial charge in [0.15, 0.2) is 10.8 Å². The Balaban J connectivity index is 1.30. The lowest BCUT2D eigenvalue weighted by atomic mass is 9.69. The Morgan fingerprint density at radius 1 is 1.22 bits per heavy atom. The van der Waals surface area contributed by atoms with E-state index in [2.05, 4.69) is 10.3 Å². The number of nitrogens with zero attached hydrogens (tertiary/aromatic N) is 5. The maximum atomic E-state index is 15.8. The van der Waals surface area contributed by atoms with Gasteiger partial charge in [-0.05, 0) is 19.4 Å². The predicted molar refractivity (Wildman–Crippen MR) is 163 cm³/mol. The van der Waals surface area contributed by atoms with Crippen LogP contribution in [-0.2, 0) is 19.1 Å². The Morgan fingerprint density at radius 3 is 2.65 bits per heavy atom. The highest BCUT2D eigenvalue weighted by Gasteiger charge is 2.60. The van der Waals surface area contributed by atoms with E-state index < -0.39 is 59.8 Å². The maximum Gasteiger partial charge on any atom is 0.338 e. The number of aliphatic carboxylic acids is 1. The van der Waals surface area contributed by atoms with E-state index in [1.165, 1.54) is 27.2 Å². The molecular formula is C31H37F3N6O5S. The van der Waals surface area contributed by atoms with Crippen molar-refractivity contribution in [1.82, 2.24) is 25.0 Å². The molecular weight excluding hydrogens is 625 g/mol. The summed E-state index contributed by atoms with van der Waals surface area (Å²) in [6, 6.07) is -2.73. The van der Waals surface area contributed by atoms with Gasteiger partial charge in [0.1, 0.15) is 5.83 Å². The second-order valence-corrected chi connectivity index (χ2v) is 13.8. The van der Waals surface area contributed by atoms with Gasteiger partial charge in [-0.3, -0.25) is 24.4 Å². The Labute approximate surface area is 268 Å².